The van der Waals surface area contributed by atoms with Crippen LogP contribution in [0.1, 0.15) is 181 Å². The van der Waals surface area contributed by atoms with Gasteiger partial charge in [0.1, 0.15) is 12.4 Å². The zero-order valence-corrected chi connectivity index (χ0v) is 24.1. The smallest absolute Gasteiger partial charge is 0.234 e. The molecular weight excluding hydrogens is 412 g/mol. The summed E-state index contributed by atoms with van der Waals surface area (Å²) < 4.78 is 5.10. The third-order valence-corrected chi connectivity index (χ3v) is 7.54. The minimum Gasteiger partial charge on any atom is -0.234 e. The molecule has 0 atom stereocenters. The third-order valence-electron chi connectivity index (χ3n) is 7.54. The van der Waals surface area contributed by atoms with Crippen molar-refractivity contribution in [1.82, 2.24) is 4.57 Å². The second-order valence-corrected chi connectivity index (χ2v) is 11.3. The average Bonchev–Trinajstić information content (AvgIpc) is 3.24. The highest BCUT2D eigenvalue weighted by Gasteiger charge is 2.19. The normalized spacial score (nSPS) is 11.7. The van der Waals surface area contributed by atoms with Crippen molar-refractivity contribution < 1.29 is 4.57 Å². The summed E-state index contributed by atoms with van der Waals surface area (Å²) >= 11 is 0. The summed E-state index contributed by atoms with van der Waals surface area (Å²) in [6.45, 7) is 11.7. The van der Waals surface area contributed by atoms with Gasteiger partial charge in [0.25, 0.3) is 5.82 Å². The van der Waals surface area contributed by atoms with Gasteiger partial charge in [0.2, 0.25) is 0 Å². The molecule has 0 fully saturated rings. The van der Waals surface area contributed by atoms with E-state index in [-0.39, 0.29) is 0 Å². The predicted molar refractivity (Wildman–Crippen MR) is 152 cm³/mol. The van der Waals surface area contributed by atoms with Crippen molar-refractivity contribution in [2.75, 3.05) is 0 Å². The molecule has 0 saturated carbocycles. The number of aryl methyl sites for hydroxylation is 2. The predicted octanol–water partition coefficient (Wildman–Crippen LogP) is 10.5. The van der Waals surface area contributed by atoms with Crippen LogP contribution >= 0.6 is 0 Å². The molecule has 1 heterocycles. The van der Waals surface area contributed by atoms with Gasteiger partial charge in [0, 0.05) is 0 Å². The van der Waals surface area contributed by atoms with E-state index in [1.165, 1.54) is 160 Å². The largest absolute Gasteiger partial charge is 0.258 e. The minimum atomic E-state index is 0.607. The number of unbranched alkanes of at least 4 members (excludes halogenated alkanes) is 20. The first-order valence-electron chi connectivity index (χ1n) is 15.8. The molecule has 1 rings (SSSR count). The van der Waals surface area contributed by atoms with Crippen LogP contribution in [0.3, 0.4) is 0 Å². The van der Waals surface area contributed by atoms with Gasteiger partial charge in [-0.2, -0.15) is 0 Å². The lowest BCUT2D eigenvalue weighted by molar-refractivity contribution is -0.705. The van der Waals surface area contributed by atoms with Crippen molar-refractivity contribution in [3.05, 3.63) is 18.2 Å². The molecule has 0 saturated heterocycles. The Morgan fingerprint density at radius 2 is 0.941 bits per heavy atom. The molecule has 0 aliphatic heterocycles. The molecule has 0 unspecified atom stereocenters. The Kier molecular flexibility index (Phi) is 20.8. The number of imidazole rings is 1. The molecule has 1 aromatic heterocycles. The zero-order valence-electron chi connectivity index (χ0n) is 24.1. The van der Waals surface area contributed by atoms with Crippen LogP contribution in [0.5, 0.6) is 0 Å². The monoisotopic (exact) mass is 475 g/mol. The number of hydrogen-bond donors (Lipinski definition) is 0. The lowest BCUT2D eigenvalue weighted by atomic mass is 10.0. The molecule has 0 spiro atoms. The van der Waals surface area contributed by atoms with Gasteiger partial charge in [-0.3, -0.25) is 0 Å². The van der Waals surface area contributed by atoms with Crippen molar-refractivity contribution in [3.8, 4) is 0 Å². The Hall–Kier alpha value is -0.790. The number of aromatic nitrogens is 2. The number of hydrogen-bond acceptors (Lipinski definition) is 0. The van der Waals surface area contributed by atoms with E-state index in [1.54, 1.807) is 0 Å². The Labute approximate surface area is 215 Å². The van der Waals surface area contributed by atoms with E-state index in [4.69, 9.17) is 0 Å². The molecule has 0 aromatic carbocycles. The molecule has 0 amide bonds. The third kappa shape index (κ3) is 16.0. The van der Waals surface area contributed by atoms with Crippen LogP contribution in [-0.4, -0.2) is 4.57 Å². The standard InChI is InChI=1S/C32H63N2/c1-5-7-9-11-13-15-16-17-18-19-20-22-24-26-28-34-30-29-33(32(34)31(3)4)27-25-23-21-14-12-10-8-6-2/h29-31H,5-28H2,1-4H3/q+1. The molecular formula is C32H63N2+. The van der Waals surface area contributed by atoms with E-state index >= 15 is 0 Å². The molecule has 0 N–H and O–H groups in total. The van der Waals surface area contributed by atoms with Gasteiger partial charge in [-0.05, 0) is 25.7 Å². The van der Waals surface area contributed by atoms with Gasteiger partial charge < -0.3 is 0 Å². The summed E-state index contributed by atoms with van der Waals surface area (Å²) in [7, 11) is 0. The molecule has 0 bridgehead atoms. The van der Waals surface area contributed by atoms with Crippen LogP contribution < -0.4 is 4.57 Å². The molecule has 2 heteroatoms. The molecule has 0 radical (unpaired) electrons. The second-order valence-electron chi connectivity index (χ2n) is 11.3. The van der Waals surface area contributed by atoms with Gasteiger partial charge in [0.15, 0.2) is 0 Å². The van der Waals surface area contributed by atoms with Gasteiger partial charge in [-0.15, -0.1) is 0 Å². The van der Waals surface area contributed by atoms with Gasteiger partial charge in [-0.25, -0.2) is 9.13 Å². The minimum absolute atomic E-state index is 0.607. The first-order valence-corrected chi connectivity index (χ1v) is 15.8. The number of rotatable bonds is 25. The molecule has 34 heavy (non-hydrogen) atoms. The summed E-state index contributed by atoms with van der Waals surface area (Å²) in [5.41, 5.74) is 0. The number of nitrogens with zero attached hydrogens (tertiary/aromatic N) is 2. The van der Waals surface area contributed by atoms with Crippen molar-refractivity contribution in [3.63, 3.8) is 0 Å². The zero-order chi connectivity index (χ0) is 24.7. The van der Waals surface area contributed by atoms with E-state index in [0.29, 0.717) is 5.92 Å². The lowest BCUT2D eigenvalue weighted by Gasteiger charge is -2.08. The SMILES string of the molecule is CCCCCCCCCCCCCCCC[n+]1ccn(CCCCCCCCCC)c1C(C)C. The Morgan fingerprint density at radius 3 is 1.35 bits per heavy atom. The summed E-state index contributed by atoms with van der Waals surface area (Å²) in [5, 5.41) is 0. The summed E-state index contributed by atoms with van der Waals surface area (Å²) in [6, 6.07) is 0. The quantitative estimate of drug-likeness (QED) is 0.0981. The molecule has 2 nitrogen and oxygen atoms in total. The lowest BCUT2D eigenvalue weighted by Crippen LogP contribution is -2.38. The van der Waals surface area contributed by atoms with E-state index in [2.05, 4.69) is 49.2 Å². The van der Waals surface area contributed by atoms with Gasteiger partial charge in [-0.1, -0.05) is 143 Å². The molecule has 1 aromatic rings. The van der Waals surface area contributed by atoms with E-state index in [0.717, 1.165) is 0 Å². The highest BCUT2D eigenvalue weighted by molar-refractivity contribution is 4.89. The fourth-order valence-electron chi connectivity index (χ4n) is 5.41. The average molecular weight is 476 g/mol. The van der Waals surface area contributed by atoms with Crippen LogP contribution in [0.2, 0.25) is 0 Å². The van der Waals surface area contributed by atoms with Crippen LogP contribution in [-0.2, 0) is 13.1 Å². The van der Waals surface area contributed by atoms with Crippen molar-refractivity contribution in [2.45, 2.75) is 188 Å². The molecule has 0 aliphatic rings. The van der Waals surface area contributed by atoms with E-state index in [1.807, 2.05) is 0 Å². The van der Waals surface area contributed by atoms with E-state index in [9.17, 15) is 0 Å². The highest BCUT2D eigenvalue weighted by atomic mass is 15.1. The Balaban J connectivity index is 2.08. The fourth-order valence-corrected chi connectivity index (χ4v) is 5.41. The topological polar surface area (TPSA) is 8.81 Å². The first-order chi connectivity index (χ1) is 16.7. The first kappa shape index (κ1) is 31.2. The van der Waals surface area contributed by atoms with Crippen molar-refractivity contribution in [1.29, 1.82) is 0 Å². The molecule has 0 aliphatic carbocycles. The maximum Gasteiger partial charge on any atom is 0.258 e. The molecule has 200 valence electrons. The second kappa shape index (κ2) is 22.7. The van der Waals surface area contributed by atoms with Gasteiger partial charge >= 0.3 is 0 Å². The van der Waals surface area contributed by atoms with Crippen LogP contribution in [0.25, 0.3) is 0 Å². The summed E-state index contributed by atoms with van der Waals surface area (Å²) in [4.78, 5) is 0. The Morgan fingerprint density at radius 1 is 0.559 bits per heavy atom. The van der Waals surface area contributed by atoms with Crippen LogP contribution in [0.4, 0.5) is 0 Å². The maximum atomic E-state index is 2.55. The van der Waals surface area contributed by atoms with Crippen molar-refractivity contribution >= 4 is 0 Å². The maximum absolute atomic E-state index is 2.55. The van der Waals surface area contributed by atoms with Crippen LogP contribution in [0, 0.1) is 0 Å². The summed E-state index contributed by atoms with van der Waals surface area (Å²) in [5.74, 6) is 2.15. The fraction of sp³-hybridized carbons (Fsp3) is 0.906. The van der Waals surface area contributed by atoms with Crippen LogP contribution in [0.15, 0.2) is 12.4 Å². The van der Waals surface area contributed by atoms with Crippen molar-refractivity contribution in [2.24, 2.45) is 0 Å². The van der Waals surface area contributed by atoms with E-state index < -0.39 is 0 Å². The summed E-state index contributed by atoms with van der Waals surface area (Å²) in [6.07, 6.45) is 36.0. The van der Waals surface area contributed by atoms with Gasteiger partial charge in [0.05, 0.1) is 19.0 Å². The Bertz CT molecular complexity index is 545. The highest BCUT2D eigenvalue weighted by Crippen LogP contribution is 2.15.